The minimum absolute atomic E-state index is 0.00391. The smallest absolute Gasteiger partial charge is 0.227 e. The lowest BCUT2D eigenvalue weighted by molar-refractivity contribution is 0.257. The molecule has 14 heavy (non-hydrogen) atoms. The van der Waals surface area contributed by atoms with Gasteiger partial charge < -0.3 is 9.84 Å². The Morgan fingerprint density at radius 2 is 2.29 bits per heavy atom. The molecule has 1 aromatic heterocycles. The number of aromatic nitrogens is 1. The molecular formula is C10H14BrNO2. The molecule has 0 radical (unpaired) electrons. The van der Waals surface area contributed by atoms with Crippen LogP contribution in [0.1, 0.15) is 19.4 Å². The number of halogens is 1. The Labute approximate surface area is 92.3 Å². The SMILES string of the molecule is CC(C)COc1ncc(CO)cc1Br. The molecule has 0 bridgehead atoms. The molecule has 0 aliphatic carbocycles. The maximum atomic E-state index is 8.87. The standard InChI is InChI=1S/C10H14BrNO2/c1-7(2)6-14-10-9(11)3-8(5-13)4-12-10/h3-4,7,13H,5-6H2,1-2H3. The summed E-state index contributed by atoms with van der Waals surface area (Å²) < 4.78 is 6.24. The number of pyridine rings is 1. The van der Waals surface area contributed by atoms with Crippen molar-refractivity contribution in [2.45, 2.75) is 20.5 Å². The van der Waals surface area contributed by atoms with E-state index in [2.05, 4.69) is 34.8 Å². The number of aliphatic hydroxyl groups excluding tert-OH is 1. The Kier molecular flexibility index (Phi) is 4.35. The molecule has 0 fully saturated rings. The second-order valence-corrected chi connectivity index (χ2v) is 4.35. The van der Waals surface area contributed by atoms with Crippen LogP contribution in [0.2, 0.25) is 0 Å². The third kappa shape index (κ3) is 3.27. The summed E-state index contributed by atoms with van der Waals surface area (Å²) in [5, 5.41) is 8.87. The van der Waals surface area contributed by atoms with Crippen LogP contribution in [0.3, 0.4) is 0 Å². The van der Waals surface area contributed by atoms with Crippen molar-refractivity contribution in [2.24, 2.45) is 5.92 Å². The highest BCUT2D eigenvalue weighted by atomic mass is 79.9. The third-order valence-corrected chi connectivity index (χ3v) is 2.17. The number of ether oxygens (including phenoxy) is 1. The van der Waals surface area contributed by atoms with Gasteiger partial charge in [-0.1, -0.05) is 13.8 Å². The van der Waals surface area contributed by atoms with Crippen LogP contribution in [0.15, 0.2) is 16.7 Å². The van der Waals surface area contributed by atoms with E-state index in [0.29, 0.717) is 18.4 Å². The fraction of sp³-hybridized carbons (Fsp3) is 0.500. The highest BCUT2D eigenvalue weighted by Gasteiger charge is 2.04. The Morgan fingerprint density at radius 3 is 2.79 bits per heavy atom. The third-order valence-electron chi connectivity index (χ3n) is 1.60. The summed E-state index contributed by atoms with van der Waals surface area (Å²) in [7, 11) is 0. The van der Waals surface area contributed by atoms with E-state index in [4.69, 9.17) is 9.84 Å². The van der Waals surface area contributed by atoms with E-state index in [-0.39, 0.29) is 6.61 Å². The van der Waals surface area contributed by atoms with Crippen LogP contribution < -0.4 is 4.74 Å². The molecule has 0 saturated carbocycles. The highest BCUT2D eigenvalue weighted by molar-refractivity contribution is 9.10. The first-order valence-corrected chi connectivity index (χ1v) is 5.31. The molecule has 1 rings (SSSR count). The van der Waals surface area contributed by atoms with E-state index in [1.54, 1.807) is 6.20 Å². The zero-order chi connectivity index (χ0) is 10.6. The van der Waals surface area contributed by atoms with Gasteiger partial charge in [0.2, 0.25) is 5.88 Å². The van der Waals surface area contributed by atoms with Gasteiger partial charge in [-0.25, -0.2) is 4.98 Å². The van der Waals surface area contributed by atoms with Crippen molar-refractivity contribution in [2.75, 3.05) is 6.61 Å². The molecule has 78 valence electrons. The number of nitrogens with zero attached hydrogens (tertiary/aromatic N) is 1. The van der Waals surface area contributed by atoms with Gasteiger partial charge in [-0.3, -0.25) is 0 Å². The van der Waals surface area contributed by atoms with Gasteiger partial charge in [-0.05, 0) is 33.5 Å². The average molecular weight is 260 g/mol. The maximum Gasteiger partial charge on any atom is 0.227 e. The summed E-state index contributed by atoms with van der Waals surface area (Å²) in [6.07, 6.45) is 1.61. The second kappa shape index (κ2) is 5.32. The minimum Gasteiger partial charge on any atom is -0.477 e. The molecule has 1 N–H and O–H groups in total. The highest BCUT2D eigenvalue weighted by Crippen LogP contribution is 2.23. The number of rotatable bonds is 4. The zero-order valence-corrected chi connectivity index (χ0v) is 9.91. The van der Waals surface area contributed by atoms with Crippen molar-refractivity contribution < 1.29 is 9.84 Å². The van der Waals surface area contributed by atoms with E-state index in [0.717, 1.165) is 10.0 Å². The summed E-state index contributed by atoms with van der Waals surface area (Å²) in [5.74, 6) is 1.05. The summed E-state index contributed by atoms with van der Waals surface area (Å²) in [4.78, 5) is 4.09. The fourth-order valence-corrected chi connectivity index (χ4v) is 1.41. The molecule has 0 aliphatic heterocycles. The van der Waals surface area contributed by atoms with Gasteiger partial charge in [-0.15, -0.1) is 0 Å². The molecule has 0 aliphatic rings. The van der Waals surface area contributed by atoms with Gasteiger partial charge in [0, 0.05) is 6.20 Å². The van der Waals surface area contributed by atoms with Gasteiger partial charge in [0.1, 0.15) is 0 Å². The lowest BCUT2D eigenvalue weighted by Crippen LogP contribution is -2.06. The molecule has 0 aromatic carbocycles. The van der Waals surface area contributed by atoms with Crippen LogP contribution >= 0.6 is 15.9 Å². The van der Waals surface area contributed by atoms with Gasteiger partial charge >= 0.3 is 0 Å². The first-order chi connectivity index (χ1) is 6.63. The van der Waals surface area contributed by atoms with E-state index in [1.807, 2.05) is 6.07 Å². The van der Waals surface area contributed by atoms with Crippen LogP contribution in [-0.4, -0.2) is 16.7 Å². The minimum atomic E-state index is -0.00391. The summed E-state index contributed by atoms with van der Waals surface area (Å²) in [5.41, 5.74) is 0.772. The Hall–Kier alpha value is -0.610. The predicted octanol–water partition coefficient (Wildman–Crippen LogP) is 2.37. The Balaban J connectivity index is 2.69. The average Bonchev–Trinajstić information content (AvgIpc) is 2.15. The van der Waals surface area contributed by atoms with Gasteiger partial charge in [0.05, 0.1) is 17.7 Å². The van der Waals surface area contributed by atoms with Crippen molar-refractivity contribution in [1.82, 2.24) is 4.98 Å². The quantitative estimate of drug-likeness (QED) is 0.903. The summed E-state index contributed by atoms with van der Waals surface area (Å²) in [6.45, 7) is 4.80. The molecule has 1 heterocycles. The lowest BCUT2D eigenvalue weighted by atomic mass is 10.2. The van der Waals surface area contributed by atoms with Crippen LogP contribution in [0.5, 0.6) is 5.88 Å². The molecule has 4 heteroatoms. The molecule has 3 nitrogen and oxygen atoms in total. The maximum absolute atomic E-state index is 8.87. The van der Waals surface area contributed by atoms with Gasteiger partial charge in [-0.2, -0.15) is 0 Å². The monoisotopic (exact) mass is 259 g/mol. The van der Waals surface area contributed by atoms with E-state index in [1.165, 1.54) is 0 Å². The van der Waals surface area contributed by atoms with E-state index in [9.17, 15) is 0 Å². The van der Waals surface area contributed by atoms with Gasteiger partial charge in [0.15, 0.2) is 0 Å². The second-order valence-electron chi connectivity index (χ2n) is 3.49. The topological polar surface area (TPSA) is 42.4 Å². The predicted molar refractivity (Wildman–Crippen MR) is 58.2 cm³/mol. The largest absolute Gasteiger partial charge is 0.477 e. The summed E-state index contributed by atoms with van der Waals surface area (Å²) in [6, 6.07) is 1.81. The Morgan fingerprint density at radius 1 is 1.57 bits per heavy atom. The van der Waals surface area contributed by atoms with Crippen molar-refractivity contribution in [3.05, 3.63) is 22.3 Å². The van der Waals surface area contributed by atoms with Crippen LogP contribution in [0, 0.1) is 5.92 Å². The van der Waals surface area contributed by atoms with Crippen LogP contribution in [0.4, 0.5) is 0 Å². The first kappa shape index (κ1) is 11.5. The van der Waals surface area contributed by atoms with Crippen LogP contribution in [-0.2, 0) is 6.61 Å². The zero-order valence-electron chi connectivity index (χ0n) is 8.33. The number of hydrogen-bond acceptors (Lipinski definition) is 3. The Bertz CT molecular complexity index is 302. The van der Waals surface area contributed by atoms with Crippen molar-refractivity contribution in [3.63, 3.8) is 0 Å². The van der Waals surface area contributed by atoms with Crippen molar-refractivity contribution in [1.29, 1.82) is 0 Å². The van der Waals surface area contributed by atoms with E-state index >= 15 is 0 Å². The molecule has 0 unspecified atom stereocenters. The molecule has 1 aromatic rings. The van der Waals surface area contributed by atoms with E-state index < -0.39 is 0 Å². The molecule has 0 saturated heterocycles. The number of hydrogen-bond donors (Lipinski definition) is 1. The van der Waals surface area contributed by atoms with Crippen molar-refractivity contribution in [3.8, 4) is 5.88 Å². The molecular weight excluding hydrogens is 246 g/mol. The first-order valence-electron chi connectivity index (χ1n) is 4.51. The number of aliphatic hydroxyl groups is 1. The normalized spacial score (nSPS) is 10.6. The van der Waals surface area contributed by atoms with Gasteiger partial charge in [0.25, 0.3) is 0 Å². The fourth-order valence-electron chi connectivity index (χ4n) is 0.903. The molecule has 0 atom stereocenters. The summed E-state index contributed by atoms with van der Waals surface area (Å²) >= 11 is 3.34. The van der Waals surface area contributed by atoms with Crippen LogP contribution in [0.25, 0.3) is 0 Å². The van der Waals surface area contributed by atoms with Crippen molar-refractivity contribution >= 4 is 15.9 Å². The molecule has 0 amide bonds. The molecule has 0 spiro atoms. The lowest BCUT2D eigenvalue weighted by Gasteiger charge is -2.09.